The zero-order valence-corrected chi connectivity index (χ0v) is 30.5. The molecule has 0 aromatic heterocycles. The molecule has 0 aromatic rings. The molecule has 0 saturated carbocycles. The number of hydrogen-bond donors (Lipinski definition) is 3. The van der Waals surface area contributed by atoms with E-state index in [1.165, 1.54) is 32.1 Å². The van der Waals surface area contributed by atoms with E-state index in [9.17, 15) is 24.2 Å². The number of carbonyl (C=O) groups is 2. The number of rotatable bonds is 32. The van der Waals surface area contributed by atoms with Crippen molar-refractivity contribution in [1.29, 1.82) is 0 Å². The Morgan fingerprint density at radius 1 is 0.667 bits per heavy atom. The molecule has 0 fully saturated rings. The Balaban J connectivity index is 3.79. The zero-order chi connectivity index (χ0) is 35.4. The van der Waals surface area contributed by atoms with Gasteiger partial charge >= 0.3 is 13.8 Å². The third kappa shape index (κ3) is 34.8. The van der Waals surface area contributed by atoms with Gasteiger partial charge in [0, 0.05) is 19.4 Å². The first-order valence-corrected chi connectivity index (χ1v) is 19.4. The minimum Gasteiger partial charge on any atom is -0.463 e. The normalized spacial score (nSPS) is 14.3. The number of aliphatic hydroxyl groups is 1. The number of unbranched alkanes of at least 4 members (excludes halogenated alkanes) is 7. The lowest BCUT2D eigenvalue weighted by Gasteiger charge is -2.15. The van der Waals surface area contributed by atoms with Gasteiger partial charge in [0.15, 0.2) is 0 Å². The minimum absolute atomic E-state index is 0.0701. The first kappa shape index (κ1) is 45.5. The molecule has 0 aliphatic carbocycles. The molecule has 9 nitrogen and oxygen atoms in total. The smallest absolute Gasteiger partial charge is 0.463 e. The number of esters is 1. The third-order valence-corrected chi connectivity index (χ3v) is 7.90. The topological polar surface area (TPSA) is 131 Å². The number of aliphatic hydroxyl groups excluding tert-OH is 1. The Morgan fingerprint density at radius 2 is 1.17 bits per heavy atom. The molecule has 0 aromatic carbocycles. The highest BCUT2D eigenvalue weighted by molar-refractivity contribution is 7.47. The van der Waals surface area contributed by atoms with Crippen molar-refractivity contribution in [1.82, 2.24) is 5.32 Å². The highest BCUT2D eigenvalue weighted by Gasteiger charge is 2.23. The molecule has 0 bridgehead atoms. The van der Waals surface area contributed by atoms with Crippen LogP contribution in [-0.4, -0.2) is 54.3 Å². The Labute approximate surface area is 290 Å². The predicted molar refractivity (Wildman–Crippen MR) is 196 cm³/mol. The van der Waals surface area contributed by atoms with Crippen molar-refractivity contribution in [3.8, 4) is 0 Å². The molecule has 0 radical (unpaired) electrons. The van der Waals surface area contributed by atoms with E-state index in [0.29, 0.717) is 12.8 Å². The lowest BCUT2D eigenvalue weighted by molar-refractivity contribution is -0.147. The van der Waals surface area contributed by atoms with E-state index in [4.69, 9.17) is 13.8 Å². The van der Waals surface area contributed by atoms with Crippen molar-refractivity contribution in [2.75, 3.05) is 26.4 Å². The second kappa shape index (κ2) is 34.3. The fraction of sp³-hybridized carbons (Fsp3) is 0.632. The van der Waals surface area contributed by atoms with Gasteiger partial charge in [-0.3, -0.25) is 18.6 Å². The predicted octanol–water partition coefficient (Wildman–Crippen LogP) is 9.15. The number of ether oxygens (including phenoxy) is 1. The van der Waals surface area contributed by atoms with Crippen molar-refractivity contribution < 1.29 is 37.9 Å². The van der Waals surface area contributed by atoms with Gasteiger partial charge in [0.2, 0.25) is 5.91 Å². The first-order valence-electron chi connectivity index (χ1n) is 17.9. The lowest BCUT2D eigenvalue weighted by Crippen LogP contribution is -2.27. The summed E-state index contributed by atoms with van der Waals surface area (Å²) in [5.41, 5.74) is 0. The average molecular weight is 694 g/mol. The van der Waals surface area contributed by atoms with Crippen molar-refractivity contribution in [3.05, 3.63) is 72.9 Å². The van der Waals surface area contributed by atoms with Crippen LogP contribution in [0.2, 0.25) is 0 Å². The van der Waals surface area contributed by atoms with Crippen LogP contribution in [0.5, 0.6) is 0 Å². The molecule has 1 amide bonds. The summed E-state index contributed by atoms with van der Waals surface area (Å²) >= 11 is 0. The van der Waals surface area contributed by atoms with Crippen LogP contribution >= 0.6 is 7.82 Å². The Bertz CT molecular complexity index is 1020. The van der Waals surface area contributed by atoms with Gasteiger partial charge in [0.25, 0.3) is 0 Å². The molecule has 2 unspecified atom stereocenters. The maximum Gasteiger partial charge on any atom is 0.472 e. The first-order chi connectivity index (χ1) is 23.3. The Morgan fingerprint density at radius 3 is 1.71 bits per heavy atom. The van der Waals surface area contributed by atoms with Crippen LogP contribution in [0.4, 0.5) is 0 Å². The van der Waals surface area contributed by atoms with Crippen molar-refractivity contribution in [3.63, 3.8) is 0 Å². The van der Waals surface area contributed by atoms with E-state index in [1.807, 2.05) is 12.2 Å². The van der Waals surface area contributed by atoms with Gasteiger partial charge in [0.05, 0.1) is 13.2 Å². The number of carbonyl (C=O) groups excluding carboxylic acids is 2. The third-order valence-electron chi connectivity index (χ3n) is 6.91. The van der Waals surface area contributed by atoms with E-state index in [0.717, 1.165) is 57.8 Å². The van der Waals surface area contributed by atoms with E-state index < -0.39 is 26.5 Å². The van der Waals surface area contributed by atoms with Gasteiger partial charge in [-0.2, -0.15) is 0 Å². The van der Waals surface area contributed by atoms with E-state index in [2.05, 4.69) is 79.9 Å². The Hall–Kier alpha value is -2.55. The molecular weight excluding hydrogens is 629 g/mol. The molecule has 0 aliphatic rings. The Kier molecular flexibility index (Phi) is 32.5. The molecule has 2 atom stereocenters. The van der Waals surface area contributed by atoms with Crippen molar-refractivity contribution >= 4 is 19.7 Å². The molecule has 274 valence electrons. The van der Waals surface area contributed by atoms with Crippen LogP contribution in [0.25, 0.3) is 0 Å². The van der Waals surface area contributed by atoms with Crippen LogP contribution in [0, 0.1) is 0 Å². The van der Waals surface area contributed by atoms with Crippen molar-refractivity contribution in [2.45, 2.75) is 129 Å². The second-order valence-electron chi connectivity index (χ2n) is 11.5. The molecule has 10 heteroatoms. The maximum atomic E-state index is 12.0. The average Bonchev–Trinajstić information content (AvgIpc) is 3.07. The number of allylic oxidation sites excluding steroid dienone is 12. The van der Waals surface area contributed by atoms with Gasteiger partial charge in [-0.15, -0.1) is 0 Å². The summed E-state index contributed by atoms with van der Waals surface area (Å²) in [6, 6.07) is 0. The molecule has 0 aliphatic heterocycles. The summed E-state index contributed by atoms with van der Waals surface area (Å²) in [7, 11) is -4.42. The van der Waals surface area contributed by atoms with Gasteiger partial charge in [-0.05, 0) is 51.4 Å². The molecule has 0 heterocycles. The van der Waals surface area contributed by atoms with Gasteiger partial charge in [-0.1, -0.05) is 132 Å². The number of nitrogens with one attached hydrogen (secondary N) is 1. The van der Waals surface area contributed by atoms with Gasteiger partial charge in [-0.25, -0.2) is 4.57 Å². The van der Waals surface area contributed by atoms with Crippen LogP contribution in [0.3, 0.4) is 0 Å². The number of hydrogen-bond acceptors (Lipinski definition) is 7. The fourth-order valence-electron chi connectivity index (χ4n) is 4.23. The SMILES string of the molecule is CC/C=C\C/C=C\C/C=C\C/C=C\C/C=C\C/C=C\CCC(=O)OCC(O)COP(=O)(O)OCCNC(=O)CCCCCCCCCC. The summed E-state index contributed by atoms with van der Waals surface area (Å²) in [6.07, 6.45) is 40.0. The van der Waals surface area contributed by atoms with Gasteiger partial charge < -0.3 is 20.1 Å². The monoisotopic (exact) mass is 693 g/mol. The van der Waals surface area contributed by atoms with E-state index >= 15 is 0 Å². The van der Waals surface area contributed by atoms with Crippen LogP contribution in [-0.2, 0) is 27.9 Å². The van der Waals surface area contributed by atoms with Crippen molar-refractivity contribution in [2.24, 2.45) is 0 Å². The summed E-state index contributed by atoms with van der Waals surface area (Å²) < 4.78 is 26.6. The summed E-state index contributed by atoms with van der Waals surface area (Å²) in [5, 5.41) is 12.6. The summed E-state index contributed by atoms with van der Waals surface area (Å²) in [5.74, 6) is -0.615. The fourth-order valence-corrected chi connectivity index (χ4v) is 4.98. The molecule has 0 saturated heterocycles. The maximum absolute atomic E-state index is 12.0. The lowest BCUT2D eigenvalue weighted by atomic mass is 10.1. The second-order valence-corrected chi connectivity index (χ2v) is 12.9. The molecule has 0 rings (SSSR count). The standard InChI is InChI=1S/C38H64NO8P/c1-3-5-7-9-11-13-14-15-16-17-18-19-20-21-22-23-25-27-29-31-38(42)45-34-36(40)35-47-48(43,44)46-33-32-39-37(41)30-28-26-24-12-10-8-6-4-2/h5,7,11,13,15-16,18-19,21-22,25,27,36,40H,3-4,6,8-10,12,14,17,20,23-24,26,28-35H2,1-2H3,(H,39,41)(H,43,44)/b7-5-,13-11-,16-15-,19-18-,22-21-,27-25-. The highest BCUT2D eigenvalue weighted by atomic mass is 31.2. The number of amides is 1. The van der Waals surface area contributed by atoms with Gasteiger partial charge in [0.1, 0.15) is 12.7 Å². The molecule has 3 N–H and O–H groups in total. The number of phosphoric acid groups is 1. The summed E-state index contributed by atoms with van der Waals surface area (Å²) in [4.78, 5) is 33.6. The molecule has 0 spiro atoms. The van der Waals surface area contributed by atoms with E-state index in [-0.39, 0.29) is 32.1 Å². The van der Waals surface area contributed by atoms with Crippen LogP contribution in [0.1, 0.15) is 123 Å². The number of phosphoric ester groups is 1. The highest BCUT2D eigenvalue weighted by Crippen LogP contribution is 2.42. The quantitative estimate of drug-likeness (QED) is 0.0275. The minimum atomic E-state index is -4.42. The van der Waals surface area contributed by atoms with E-state index in [1.54, 1.807) is 0 Å². The molecular formula is C38H64NO8P. The molecule has 48 heavy (non-hydrogen) atoms. The largest absolute Gasteiger partial charge is 0.472 e. The van der Waals surface area contributed by atoms with Crippen LogP contribution < -0.4 is 5.32 Å². The van der Waals surface area contributed by atoms with Crippen LogP contribution in [0.15, 0.2) is 72.9 Å². The zero-order valence-electron chi connectivity index (χ0n) is 29.6. The summed E-state index contributed by atoms with van der Waals surface area (Å²) in [6.45, 7) is 3.28.